The van der Waals surface area contributed by atoms with Gasteiger partial charge < -0.3 is 15.6 Å². The summed E-state index contributed by atoms with van der Waals surface area (Å²) in [5.74, 6) is 2.25. The maximum absolute atomic E-state index is 13.3. The van der Waals surface area contributed by atoms with Crippen molar-refractivity contribution >= 4 is 16.6 Å². The molecule has 2 heterocycles. The highest BCUT2D eigenvalue weighted by Gasteiger charge is 2.50. The predicted molar refractivity (Wildman–Crippen MR) is 109 cm³/mol. The number of likely N-dealkylation sites (tertiary alicyclic amines) is 1. The number of nitrogens with two attached hydrogens (primary N) is 1. The minimum Gasteiger partial charge on any atom is -0.399 e. The monoisotopic (exact) mass is 363 g/mol. The van der Waals surface area contributed by atoms with E-state index in [4.69, 9.17) is 5.73 Å². The number of aromatic nitrogens is 1. The van der Waals surface area contributed by atoms with Gasteiger partial charge in [-0.15, -0.1) is 0 Å². The van der Waals surface area contributed by atoms with E-state index in [0.29, 0.717) is 5.92 Å². The van der Waals surface area contributed by atoms with Crippen LogP contribution in [0.1, 0.15) is 53.7 Å². The van der Waals surface area contributed by atoms with E-state index >= 15 is 0 Å². The average Bonchev–Trinajstić information content (AvgIpc) is 3.24. The highest BCUT2D eigenvalue weighted by Crippen LogP contribution is 2.65. The second kappa shape index (κ2) is 6.38. The van der Waals surface area contributed by atoms with Crippen molar-refractivity contribution in [1.29, 1.82) is 0 Å². The molecule has 2 aromatic carbocycles. The molecule has 0 bridgehead atoms. The van der Waals surface area contributed by atoms with E-state index in [9.17, 15) is 4.39 Å². The Morgan fingerprint density at radius 3 is 2.59 bits per heavy atom. The number of benzene rings is 2. The average molecular weight is 363 g/mol. The van der Waals surface area contributed by atoms with Gasteiger partial charge in [0.25, 0.3) is 0 Å². The fraction of sp³-hybridized carbons (Fsp3) is 0.391. The lowest BCUT2D eigenvalue weighted by molar-refractivity contribution is 0.256. The number of rotatable bonds is 1. The van der Waals surface area contributed by atoms with Crippen LogP contribution in [0.3, 0.4) is 0 Å². The number of fused-ring (bicyclic) bond motifs is 5. The third-order valence-corrected chi connectivity index (χ3v) is 6.53. The molecule has 2 fully saturated rings. The molecule has 2 aliphatic carbocycles. The zero-order valence-electron chi connectivity index (χ0n) is 15.7. The van der Waals surface area contributed by atoms with Gasteiger partial charge in [0.05, 0.1) is 0 Å². The Morgan fingerprint density at radius 2 is 1.78 bits per heavy atom. The number of nitrogens with zero attached hydrogens (tertiary/aromatic N) is 1. The van der Waals surface area contributed by atoms with Crippen LogP contribution < -0.4 is 5.73 Å². The van der Waals surface area contributed by atoms with Crippen molar-refractivity contribution in [1.82, 2.24) is 9.88 Å². The van der Waals surface area contributed by atoms with Crippen LogP contribution >= 0.6 is 0 Å². The molecule has 4 heteroatoms. The molecular formula is C23H26FN3. The molecule has 1 saturated carbocycles. The van der Waals surface area contributed by atoms with Gasteiger partial charge in [0.1, 0.15) is 5.82 Å². The van der Waals surface area contributed by atoms with Crippen LogP contribution in [0.2, 0.25) is 0 Å². The predicted octanol–water partition coefficient (Wildman–Crippen LogP) is 4.97. The first-order valence-corrected chi connectivity index (χ1v) is 9.94. The van der Waals surface area contributed by atoms with Gasteiger partial charge in [-0.2, -0.15) is 0 Å². The molecule has 1 saturated heterocycles. The lowest BCUT2D eigenvalue weighted by atomic mass is 9.88. The largest absolute Gasteiger partial charge is 0.399 e. The number of nitrogens with one attached hydrogen (secondary N) is 1. The maximum atomic E-state index is 13.3. The Balaban J connectivity index is 0.000000135. The quantitative estimate of drug-likeness (QED) is 0.600. The van der Waals surface area contributed by atoms with E-state index in [1.807, 2.05) is 12.1 Å². The highest BCUT2D eigenvalue weighted by molar-refractivity contribution is 5.83. The van der Waals surface area contributed by atoms with Gasteiger partial charge in [0, 0.05) is 22.8 Å². The normalized spacial score (nSPS) is 23.8. The molecule has 27 heavy (non-hydrogen) atoms. The van der Waals surface area contributed by atoms with Gasteiger partial charge in [-0.25, -0.2) is 4.39 Å². The molecular weight excluding hydrogens is 337 g/mol. The van der Waals surface area contributed by atoms with Crippen molar-refractivity contribution in [3.63, 3.8) is 0 Å². The van der Waals surface area contributed by atoms with Crippen molar-refractivity contribution in [3.05, 3.63) is 65.1 Å². The minimum absolute atomic E-state index is 0.147. The second-order valence-electron chi connectivity index (χ2n) is 8.35. The summed E-state index contributed by atoms with van der Waals surface area (Å²) in [5.41, 5.74) is 12.0. The van der Waals surface area contributed by atoms with Crippen molar-refractivity contribution in [2.75, 3.05) is 25.9 Å². The van der Waals surface area contributed by atoms with Gasteiger partial charge in [-0.3, -0.25) is 0 Å². The number of nitrogen functional groups attached to an aromatic ring is 1. The fourth-order valence-electron chi connectivity index (χ4n) is 4.81. The first kappa shape index (κ1) is 16.8. The maximum Gasteiger partial charge on any atom is 0.123 e. The summed E-state index contributed by atoms with van der Waals surface area (Å²) >= 11 is 0. The fourth-order valence-corrected chi connectivity index (χ4v) is 4.81. The molecule has 0 amide bonds. The number of anilines is 1. The van der Waals surface area contributed by atoms with Crippen molar-refractivity contribution < 1.29 is 4.39 Å². The van der Waals surface area contributed by atoms with Crippen LogP contribution in [-0.2, 0) is 0 Å². The Morgan fingerprint density at radius 1 is 1.00 bits per heavy atom. The Labute approximate surface area is 159 Å². The van der Waals surface area contributed by atoms with E-state index < -0.39 is 0 Å². The van der Waals surface area contributed by atoms with Crippen molar-refractivity contribution in [3.8, 4) is 0 Å². The summed E-state index contributed by atoms with van der Waals surface area (Å²) in [6.45, 7) is 2.26. The summed E-state index contributed by atoms with van der Waals surface area (Å²) in [6.07, 6.45) is 5.78. The summed E-state index contributed by atoms with van der Waals surface area (Å²) in [4.78, 5) is 5.60. The van der Waals surface area contributed by atoms with Crippen molar-refractivity contribution in [2.45, 2.75) is 37.0 Å². The van der Waals surface area contributed by atoms with E-state index in [0.717, 1.165) is 41.5 Å². The summed E-state index contributed by atoms with van der Waals surface area (Å²) < 4.78 is 13.3. The van der Waals surface area contributed by atoms with Crippen LogP contribution in [0.5, 0.6) is 0 Å². The molecule has 2 unspecified atom stereocenters. The smallest absolute Gasteiger partial charge is 0.123 e. The van der Waals surface area contributed by atoms with Gasteiger partial charge >= 0.3 is 0 Å². The molecule has 3 aromatic rings. The van der Waals surface area contributed by atoms with Gasteiger partial charge in [-0.1, -0.05) is 6.07 Å². The number of aromatic amines is 1. The van der Waals surface area contributed by atoms with Crippen LogP contribution in [-0.4, -0.2) is 30.0 Å². The molecule has 2 atom stereocenters. The van der Waals surface area contributed by atoms with E-state index in [1.54, 1.807) is 11.6 Å². The summed E-state index contributed by atoms with van der Waals surface area (Å²) in [7, 11) is 2.16. The molecule has 0 radical (unpaired) electrons. The number of H-pyrrole nitrogens is 1. The van der Waals surface area contributed by atoms with Crippen LogP contribution in [0.15, 0.2) is 42.6 Å². The molecule has 0 spiro atoms. The standard InChI is InChI=1S/C14H17FN2.C9H9N/c1-17-6-4-10(5-7-17)13-9-16-14-3-2-11(15)8-12(13)14;10-5-1-2-6-7(3-5)9-4-8(6)9/h2-3,8-10,16H,4-7H2,1H3;1-3,8-9H,4,10H2. The number of hydrogen-bond donors (Lipinski definition) is 2. The first-order chi connectivity index (χ1) is 13.1. The van der Waals surface area contributed by atoms with E-state index in [-0.39, 0.29) is 5.82 Å². The molecule has 3 N–H and O–H groups in total. The Hall–Kier alpha value is -2.33. The van der Waals surface area contributed by atoms with Crippen LogP contribution in [0, 0.1) is 5.82 Å². The Kier molecular flexibility index (Phi) is 3.97. The van der Waals surface area contributed by atoms with E-state index in [2.05, 4.69) is 35.3 Å². The van der Waals surface area contributed by atoms with Gasteiger partial charge in [0.15, 0.2) is 0 Å². The zero-order chi connectivity index (χ0) is 18.5. The van der Waals surface area contributed by atoms with Gasteiger partial charge in [0.2, 0.25) is 0 Å². The lowest BCUT2D eigenvalue weighted by Gasteiger charge is -2.28. The molecule has 1 aliphatic heterocycles. The first-order valence-electron chi connectivity index (χ1n) is 9.94. The third-order valence-electron chi connectivity index (χ3n) is 6.53. The topological polar surface area (TPSA) is 45.0 Å². The lowest BCUT2D eigenvalue weighted by Crippen LogP contribution is -2.29. The zero-order valence-corrected chi connectivity index (χ0v) is 15.7. The molecule has 3 nitrogen and oxygen atoms in total. The minimum atomic E-state index is -0.147. The molecule has 3 aliphatic rings. The van der Waals surface area contributed by atoms with E-state index in [1.165, 1.54) is 36.5 Å². The third kappa shape index (κ3) is 3.02. The SMILES string of the molecule is CN1CCC(c2c[nH]c3ccc(F)cc23)CC1.Nc1ccc2c(c1)C1CC21. The molecule has 6 rings (SSSR count). The molecule has 1 aromatic heterocycles. The van der Waals surface area contributed by atoms with Gasteiger partial charge in [-0.05, 0) is 104 Å². The molecule has 140 valence electrons. The highest BCUT2D eigenvalue weighted by atomic mass is 19.1. The number of hydrogen-bond acceptors (Lipinski definition) is 2. The summed E-state index contributed by atoms with van der Waals surface area (Å²) in [5, 5.41) is 1.06. The Bertz CT molecular complexity index is 984. The van der Waals surface area contributed by atoms with Crippen molar-refractivity contribution in [2.24, 2.45) is 0 Å². The van der Waals surface area contributed by atoms with Crippen LogP contribution in [0.25, 0.3) is 10.9 Å². The number of piperidine rings is 1. The summed E-state index contributed by atoms with van der Waals surface area (Å²) in [6, 6.07) is 11.3. The van der Waals surface area contributed by atoms with Crippen LogP contribution in [0.4, 0.5) is 10.1 Å². The number of halogens is 1. The second-order valence-corrected chi connectivity index (χ2v) is 8.35.